The van der Waals surface area contributed by atoms with Crippen molar-refractivity contribution in [2.75, 3.05) is 6.54 Å². The first-order valence-electron chi connectivity index (χ1n) is 4.64. The minimum atomic E-state index is 0.471. The van der Waals surface area contributed by atoms with Crippen molar-refractivity contribution < 1.29 is 0 Å². The van der Waals surface area contributed by atoms with Gasteiger partial charge in [0.2, 0.25) is 0 Å². The van der Waals surface area contributed by atoms with Crippen LogP contribution in [0.5, 0.6) is 0 Å². The summed E-state index contributed by atoms with van der Waals surface area (Å²) in [7, 11) is 0. The summed E-state index contributed by atoms with van der Waals surface area (Å²) < 4.78 is 0. The third kappa shape index (κ3) is 3.33. The molecule has 2 heteroatoms. The van der Waals surface area contributed by atoms with Crippen molar-refractivity contribution in [2.24, 2.45) is 0 Å². The Morgan fingerprint density at radius 3 is 2.92 bits per heavy atom. The van der Waals surface area contributed by atoms with Crippen molar-refractivity contribution in [3.05, 3.63) is 34.5 Å². The summed E-state index contributed by atoms with van der Waals surface area (Å²) >= 11 is 1.87. The number of aryl methyl sites for hydroxylation is 1. The molecule has 0 fully saturated rings. The summed E-state index contributed by atoms with van der Waals surface area (Å²) in [5, 5.41) is 3.45. The van der Waals surface area contributed by atoms with E-state index in [-0.39, 0.29) is 0 Å². The highest BCUT2D eigenvalue weighted by atomic mass is 32.1. The number of rotatable bonds is 5. The van der Waals surface area contributed by atoms with Crippen LogP contribution in [0.15, 0.2) is 24.8 Å². The predicted molar refractivity (Wildman–Crippen MR) is 60.3 cm³/mol. The van der Waals surface area contributed by atoms with Gasteiger partial charge in [-0.05, 0) is 38.9 Å². The molecule has 13 heavy (non-hydrogen) atoms. The topological polar surface area (TPSA) is 12.0 Å². The van der Waals surface area contributed by atoms with Crippen molar-refractivity contribution in [1.82, 2.24) is 5.32 Å². The van der Waals surface area contributed by atoms with Crippen molar-refractivity contribution in [3.8, 4) is 0 Å². The van der Waals surface area contributed by atoms with E-state index in [1.807, 2.05) is 17.4 Å². The number of thiophene rings is 1. The van der Waals surface area contributed by atoms with Crippen LogP contribution in [0.4, 0.5) is 0 Å². The van der Waals surface area contributed by atoms with Crippen LogP contribution in [0.2, 0.25) is 0 Å². The lowest BCUT2D eigenvalue weighted by atomic mass is 10.2. The van der Waals surface area contributed by atoms with E-state index in [1.54, 1.807) is 0 Å². The molecular formula is C11H17NS. The Labute approximate surface area is 84.5 Å². The molecule has 72 valence electrons. The molecule has 1 N–H and O–H groups in total. The first-order valence-corrected chi connectivity index (χ1v) is 5.46. The molecule has 1 atom stereocenters. The minimum absolute atomic E-state index is 0.471. The van der Waals surface area contributed by atoms with E-state index in [4.69, 9.17) is 0 Å². The molecule has 1 rings (SSSR count). The van der Waals surface area contributed by atoms with Crippen LogP contribution in [0.3, 0.4) is 0 Å². The highest BCUT2D eigenvalue weighted by Crippen LogP contribution is 2.21. The zero-order chi connectivity index (χ0) is 9.68. The van der Waals surface area contributed by atoms with E-state index in [1.165, 1.54) is 9.75 Å². The van der Waals surface area contributed by atoms with Gasteiger partial charge >= 0.3 is 0 Å². The maximum atomic E-state index is 3.70. The lowest BCUT2D eigenvalue weighted by Gasteiger charge is -2.10. The number of hydrogen-bond acceptors (Lipinski definition) is 2. The van der Waals surface area contributed by atoms with E-state index in [0.717, 1.165) is 13.0 Å². The van der Waals surface area contributed by atoms with E-state index < -0.39 is 0 Å². The van der Waals surface area contributed by atoms with Gasteiger partial charge in [0.1, 0.15) is 0 Å². The Kier molecular flexibility index (Phi) is 4.19. The Balaban J connectivity index is 2.39. The molecule has 1 aromatic rings. The smallest absolute Gasteiger partial charge is 0.0386 e. The predicted octanol–water partition coefficient (Wildman–Crippen LogP) is 3.28. The molecule has 0 aliphatic heterocycles. The van der Waals surface area contributed by atoms with Gasteiger partial charge in [0, 0.05) is 15.8 Å². The quantitative estimate of drug-likeness (QED) is 0.561. The molecule has 0 aromatic carbocycles. The van der Waals surface area contributed by atoms with Gasteiger partial charge in [0.25, 0.3) is 0 Å². The second kappa shape index (κ2) is 5.20. The summed E-state index contributed by atoms with van der Waals surface area (Å²) in [5.41, 5.74) is 0. The molecule has 1 nitrogen and oxygen atoms in total. The molecule has 0 spiro atoms. The van der Waals surface area contributed by atoms with Crippen molar-refractivity contribution in [1.29, 1.82) is 0 Å². The minimum Gasteiger partial charge on any atom is -0.309 e. The lowest BCUT2D eigenvalue weighted by Crippen LogP contribution is -2.18. The summed E-state index contributed by atoms with van der Waals surface area (Å²) in [6, 6.07) is 4.84. The fourth-order valence-electron chi connectivity index (χ4n) is 1.19. The van der Waals surface area contributed by atoms with Gasteiger partial charge in [-0.25, -0.2) is 0 Å². The molecule has 1 aromatic heterocycles. The van der Waals surface area contributed by atoms with Crippen molar-refractivity contribution in [3.63, 3.8) is 0 Å². The van der Waals surface area contributed by atoms with Crippen LogP contribution < -0.4 is 5.32 Å². The second-order valence-corrected chi connectivity index (χ2v) is 4.52. The molecule has 1 heterocycles. The number of hydrogen-bond donors (Lipinski definition) is 1. The molecule has 1 unspecified atom stereocenters. The van der Waals surface area contributed by atoms with Gasteiger partial charge in [-0.15, -0.1) is 17.9 Å². The lowest BCUT2D eigenvalue weighted by molar-refractivity contribution is 0.589. The van der Waals surface area contributed by atoms with E-state index >= 15 is 0 Å². The maximum Gasteiger partial charge on any atom is 0.0386 e. The summed E-state index contributed by atoms with van der Waals surface area (Å²) in [4.78, 5) is 2.80. The van der Waals surface area contributed by atoms with Crippen LogP contribution in [-0.2, 0) is 0 Å². The summed E-state index contributed by atoms with van der Waals surface area (Å²) in [6.45, 7) is 9.06. The maximum absolute atomic E-state index is 3.70. The molecular weight excluding hydrogens is 178 g/mol. The Morgan fingerprint density at radius 1 is 1.62 bits per heavy atom. The van der Waals surface area contributed by atoms with Crippen LogP contribution in [0.1, 0.15) is 29.1 Å². The summed E-state index contributed by atoms with van der Waals surface area (Å²) in [5.74, 6) is 0. The fourth-order valence-corrected chi connectivity index (χ4v) is 2.09. The van der Waals surface area contributed by atoms with Crippen LogP contribution in [-0.4, -0.2) is 6.54 Å². The SMILES string of the molecule is C=CCCNC(C)c1ccc(C)s1. The normalized spacial score (nSPS) is 12.8. The van der Waals surface area contributed by atoms with E-state index in [0.29, 0.717) is 6.04 Å². The third-order valence-corrected chi connectivity index (χ3v) is 3.17. The molecule has 0 bridgehead atoms. The monoisotopic (exact) mass is 195 g/mol. The molecule has 0 amide bonds. The van der Waals surface area contributed by atoms with Crippen LogP contribution >= 0.6 is 11.3 Å². The van der Waals surface area contributed by atoms with E-state index in [9.17, 15) is 0 Å². The van der Waals surface area contributed by atoms with Crippen molar-refractivity contribution >= 4 is 11.3 Å². The molecule has 0 saturated heterocycles. The Hall–Kier alpha value is -0.600. The Bertz CT molecular complexity index is 265. The van der Waals surface area contributed by atoms with Gasteiger partial charge in [0.05, 0.1) is 0 Å². The largest absolute Gasteiger partial charge is 0.309 e. The van der Waals surface area contributed by atoms with Crippen LogP contribution in [0, 0.1) is 6.92 Å². The highest BCUT2D eigenvalue weighted by Gasteiger charge is 2.05. The van der Waals surface area contributed by atoms with Crippen molar-refractivity contribution in [2.45, 2.75) is 26.3 Å². The zero-order valence-corrected chi connectivity index (χ0v) is 9.16. The average Bonchev–Trinajstić information content (AvgIpc) is 2.52. The second-order valence-electron chi connectivity index (χ2n) is 3.20. The molecule has 0 aliphatic carbocycles. The first-order chi connectivity index (χ1) is 6.24. The van der Waals surface area contributed by atoms with Gasteiger partial charge in [-0.3, -0.25) is 0 Å². The van der Waals surface area contributed by atoms with E-state index in [2.05, 4.69) is 37.9 Å². The first kappa shape index (κ1) is 10.5. The Morgan fingerprint density at radius 2 is 2.38 bits per heavy atom. The van der Waals surface area contributed by atoms with Crippen LogP contribution in [0.25, 0.3) is 0 Å². The number of nitrogens with one attached hydrogen (secondary N) is 1. The standard InChI is InChI=1S/C11H17NS/c1-4-5-8-12-10(3)11-7-6-9(2)13-11/h4,6-7,10,12H,1,5,8H2,2-3H3. The zero-order valence-electron chi connectivity index (χ0n) is 8.34. The van der Waals surface area contributed by atoms with Gasteiger partial charge in [-0.1, -0.05) is 6.08 Å². The van der Waals surface area contributed by atoms with Gasteiger partial charge < -0.3 is 5.32 Å². The highest BCUT2D eigenvalue weighted by molar-refractivity contribution is 7.12. The van der Waals surface area contributed by atoms with Gasteiger partial charge in [0.15, 0.2) is 0 Å². The molecule has 0 radical (unpaired) electrons. The molecule has 0 aliphatic rings. The molecule has 0 saturated carbocycles. The fraction of sp³-hybridized carbons (Fsp3) is 0.455. The summed E-state index contributed by atoms with van der Waals surface area (Å²) in [6.07, 6.45) is 2.98. The average molecular weight is 195 g/mol. The van der Waals surface area contributed by atoms with Gasteiger partial charge in [-0.2, -0.15) is 0 Å². The third-order valence-electron chi connectivity index (χ3n) is 1.99.